The third kappa shape index (κ3) is 1.19. The Hall–Kier alpha value is -0.0400. The van der Waals surface area contributed by atoms with Gasteiger partial charge in [0.1, 0.15) is 0 Å². The fourth-order valence-corrected chi connectivity index (χ4v) is 3.13. The monoisotopic (exact) mass is 167 g/mol. The van der Waals surface area contributed by atoms with Crippen LogP contribution in [-0.4, -0.2) is 25.0 Å². The van der Waals surface area contributed by atoms with Gasteiger partial charge < -0.3 is 4.90 Å². The predicted octanol–water partition coefficient (Wildman–Crippen LogP) is 2.37. The van der Waals surface area contributed by atoms with Crippen LogP contribution in [0.3, 0.4) is 0 Å². The summed E-state index contributed by atoms with van der Waals surface area (Å²) in [5, 5.41) is 0. The van der Waals surface area contributed by atoms with Gasteiger partial charge in [0.15, 0.2) is 0 Å². The van der Waals surface area contributed by atoms with Crippen LogP contribution in [0.25, 0.3) is 0 Å². The van der Waals surface area contributed by atoms with Crippen LogP contribution in [0.5, 0.6) is 0 Å². The second kappa shape index (κ2) is 2.25. The zero-order valence-corrected chi connectivity index (χ0v) is 8.85. The minimum absolute atomic E-state index is 0.547. The van der Waals surface area contributed by atoms with E-state index in [-0.39, 0.29) is 0 Å². The summed E-state index contributed by atoms with van der Waals surface area (Å²) in [5.74, 6) is 0.995. The number of likely N-dealkylation sites (tertiary alicyclic amines) is 1. The molecule has 12 heavy (non-hydrogen) atoms. The quantitative estimate of drug-likeness (QED) is 0.535. The van der Waals surface area contributed by atoms with E-state index in [0.29, 0.717) is 5.41 Å². The van der Waals surface area contributed by atoms with Crippen LogP contribution in [-0.2, 0) is 0 Å². The summed E-state index contributed by atoms with van der Waals surface area (Å²) in [7, 11) is 2.26. The molecule has 1 nitrogen and oxygen atoms in total. The molecule has 2 unspecified atom stereocenters. The van der Waals surface area contributed by atoms with E-state index in [1.54, 1.807) is 0 Å². The number of hydrogen-bond acceptors (Lipinski definition) is 1. The molecule has 0 aromatic heterocycles. The van der Waals surface area contributed by atoms with Gasteiger partial charge in [0.2, 0.25) is 0 Å². The van der Waals surface area contributed by atoms with Crippen LogP contribution in [0.15, 0.2) is 0 Å². The lowest BCUT2D eigenvalue weighted by molar-refractivity contribution is 0.276. The minimum atomic E-state index is 0.547. The highest BCUT2D eigenvalue weighted by Crippen LogP contribution is 2.64. The first kappa shape index (κ1) is 8.55. The number of nitrogens with zero attached hydrogens (tertiary/aromatic N) is 1. The SMILES string of the molecule is CN1CCC2(CC2C(C)(C)C)C1. The van der Waals surface area contributed by atoms with Crippen LogP contribution in [0.2, 0.25) is 0 Å². The summed E-state index contributed by atoms with van der Waals surface area (Å²) >= 11 is 0. The summed E-state index contributed by atoms with van der Waals surface area (Å²) in [6, 6.07) is 0. The van der Waals surface area contributed by atoms with Crippen LogP contribution < -0.4 is 0 Å². The molecular weight excluding hydrogens is 146 g/mol. The lowest BCUT2D eigenvalue weighted by Gasteiger charge is -2.21. The van der Waals surface area contributed by atoms with Gasteiger partial charge in [-0.2, -0.15) is 0 Å². The minimum Gasteiger partial charge on any atom is -0.306 e. The van der Waals surface area contributed by atoms with Crippen molar-refractivity contribution >= 4 is 0 Å². The van der Waals surface area contributed by atoms with Crippen LogP contribution >= 0.6 is 0 Å². The third-order valence-electron chi connectivity index (χ3n) is 3.81. The summed E-state index contributed by atoms with van der Waals surface area (Å²) in [6.45, 7) is 9.86. The van der Waals surface area contributed by atoms with Crippen molar-refractivity contribution in [1.82, 2.24) is 4.90 Å². The summed E-state index contributed by atoms with van der Waals surface area (Å²) in [5.41, 5.74) is 1.29. The van der Waals surface area contributed by atoms with Crippen LogP contribution in [0, 0.1) is 16.7 Å². The molecule has 2 atom stereocenters. The Morgan fingerprint density at radius 1 is 1.33 bits per heavy atom. The third-order valence-corrected chi connectivity index (χ3v) is 3.81. The highest BCUT2D eigenvalue weighted by Gasteiger charge is 2.60. The van der Waals surface area contributed by atoms with E-state index < -0.39 is 0 Å². The zero-order chi connectivity index (χ0) is 8.98. The molecule has 70 valence electrons. The molecule has 1 saturated carbocycles. The molecule has 0 aromatic carbocycles. The Morgan fingerprint density at radius 3 is 2.33 bits per heavy atom. The molecule has 0 radical (unpaired) electrons. The van der Waals surface area contributed by atoms with Gasteiger partial charge in [-0.1, -0.05) is 20.8 Å². The predicted molar refractivity (Wildman–Crippen MR) is 52.1 cm³/mol. The van der Waals surface area contributed by atoms with Crippen molar-refractivity contribution in [3.05, 3.63) is 0 Å². The van der Waals surface area contributed by atoms with Gasteiger partial charge in [0, 0.05) is 6.54 Å². The van der Waals surface area contributed by atoms with E-state index in [9.17, 15) is 0 Å². The van der Waals surface area contributed by atoms with E-state index in [1.165, 1.54) is 25.9 Å². The molecule has 0 N–H and O–H groups in total. The summed E-state index contributed by atoms with van der Waals surface area (Å²) in [4.78, 5) is 2.49. The fraction of sp³-hybridized carbons (Fsp3) is 1.00. The van der Waals surface area contributed by atoms with Crippen molar-refractivity contribution in [2.75, 3.05) is 20.1 Å². The van der Waals surface area contributed by atoms with Crippen molar-refractivity contribution in [3.8, 4) is 0 Å². The molecule has 1 heterocycles. The molecule has 2 rings (SSSR count). The van der Waals surface area contributed by atoms with E-state index in [1.807, 2.05) is 0 Å². The Balaban J connectivity index is 2.02. The Bertz CT molecular complexity index is 192. The topological polar surface area (TPSA) is 3.24 Å². The molecule has 2 aliphatic rings. The van der Waals surface area contributed by atoms with Gasteiger partial charge in [-0.25, -0.2) is 0 Å². The Morgan fingerprint density at radius 2 is 2.00 bits per heavy atom. The number of rotatable bonds is 0. The fourth-order valence-electron chi connectivity index (χ4n) is 3.13. The molecule has 2 fully saturated rings. The van der Waals surface area contributed by atoms with Gasteiger partial charge in [-0.05, 0) is 43.2 Å². The van der Waals surface area contributed by atoms with Crippen molar-refractivity contribution in [3.63, 3.8) is 0 Å². The molecular formula is C11H21N. The van der Waals surface area contributed by atoms with E-state index in [0.717, 1.165) is 11.3 Å². The molecule has 1 aliphatic heterocycles. The van der Waals surface area contributed by atoms with E-state index in [4.69, 9.17) is 0 Å². The van der Waals surface area contributed by atoms with Crippen LogP contribution in [0.4, 0.5) is 0 Å². The maximum atomic E-state index is 2.49. The van der Waals surface area contributed by atoms with E-state index in [2.05, 4.69) is 32.7 Å². The van der Waals surface area contributed by atoms with Crippen LogP contribution in [0.1, 0.15) is 33.6 Å². The van der Waals surface area contributed by atoms with Crippen molar-refractivity contribution in [2.24, 2.45) is 16.7 Å². The first-order chi connectivity index (χ1) is 5.44. The van der Waals surface area contributed by atoms with Crippen molar-refractivity contribution < 1.29 is 0 Å². The molecule has 1 saturated heterocycles. The van der Waals surface area contributed by atoms with Crippen molar-refractivity contribution in [2.45, 2.75) is 33.6 Å². The summed E-state index contributed by atoms with van der Waals surface area (Å²) < 4.78 is 0. The molecule has 1 aliphatic carbocycles. The maximum absolute atomic E-state index is 2.49. The maximum Gasteiger partial charge on any atom is 0.00384 e. The normalized spacial score (nSPS) is 42.5. The van der Waals surface area contributed by atoms with Gasteiger partial charge in [0.05, 0.1) is 0 Å². The Labute approximate surface area is 76.1 Å². The largest absolute Gasteiger partial charge is 0.306 e. The Kier molecular flexibility index (Phi) is 1.61. The first-order valence-electron chi connectivity index (χ1n) is 5.13. The van der Waals surface area contributed by atoms with E-state index >= 15 is 0 Å². The standard InChI is InChI=1S/C11H21N/c1-10(2,3)9-7-11(9)5-6-12(4)8-11/h9H,5-8H2,1-4H3. The van der Waals surface area contributed by atoms with Crippen molar-refractivity contribution in [1.29, 1.82) is 0 Å². The highest BCUT2D eigenvalue weighted by molar-refractivity contribution is 5.10. The number of hydrogen-bond donors (Lipinski definition) is 0. The summed E-state index contributed by atoms with van der Waals surface area (Å²) in [6.07, 6.45) is 2.94. The van der Waals surface area contributed by atoms with Gasteiger partial charge in [0.25, 0.3) is 0 Å². The molecule has 1 heteroatoms. The molecule has 0 aromatic rings. The molecule has 1 spiro atoms. The second-order valence-electron chi connectivity index (χ2n) is 5.97. The smallest absolute Gasteiger partial charge is 0.00384 e. The lowest BCUT2D eigenvalue weighted by atomic mass is 9.84. The van der Waals surface area contributed by atoms with Gasteiger partial charge in [-0.15, -0.1) is 0 Å². The average Bonchev–Trinajstić information content (AvgIpc) is 2.47. The zero-order valence-electron chi connectivity index (χ0n) is 8.85. The average molecular weight is 167 g/mol. The highest BCUT2D eigenvalue weighted by atomic mass is 15.1. The second-order valence-corrected chi connectivity index (χ2v) is 5.97. The van der Waals surface area contributed by atoms with Gasteiger partial charge >= 0.3 is 0 Å². The molecule has 0 bridgehead atoms. The molecule has 0 amide bonds. The lowest BCUT2D eigenvalue weighted by Crippen LogP contribution is -2.19. The van der Waals surface area contributed by atoms with Gasteiger partial charge in [-0.3, -0.25) is 0 Å². The first-order valence-corrected chi connectivity index (χ1v) is 5.13.